The molecule has 0 atom stereocenters. The Morgan fingerprint density at radius 3 is 2.42 bits per heavy atom. The molecule has 1 aromatic heterocycles. The quantitative estimate of drug-likeness (QED) is 0.508. The first kappa shape index (κ1) is 22.6. The predicted octanol–water partition coefficient (Wildman–Crippen LogP) is 4.67. The monoisotopic (exact) mass is 445 g/mol. The summed E-state index contributed by atoms with van der Waals surface area (Å²) in [7, 11) is 0. The van der Waals surface area contributed by atoms with Gasteiger partial charge < -0.3 is 19.9 Å². The lowest BCUT2D eigenvalue weighted by Crippen LogP contribution is -2.49. The molecule has 0 bridgehead atoms. The minimum atomic E-state index is 0.0475. The van der Waals surface area contributed by atoms with E-state index in [9.17, 15) is 4.79 Å². The lowest BCUT2D eigenvalue weighted by molar-refractivity contribution is 0.0746. The fourth-order valence-electron chi connectivity index (χ4n) is 3.75. The molecule has 1 aliphatic heterocycles. The summed E-state index contributed by atoms with van der Waals surface area (Å²) in [4.78, 5) is 26.3. The molecule has 172 valence electrons. The number of nitrogens with zero attached hydrogens (tertiary/aromatic N) is 4. The Bertz CT molecular complexity index is 1050. The van der Waals surface area contributed by atoms with E-state index in [0.717, 1.165) is 35.8 Å². The van der Waals surface area contributed by atoms with Crippen LogP contribution in [0.5, 0.6) is 5.75 Å². The Morgan fingerprint density at radius 1 is 1.00 bits per heavy atom. The van der Waals surface area contributed by atoms with Gasteiger partial charge in [0.25, 0.3) is 5.91 Å². The lowest BCUT2D eigenvalue weighted by atomic mass is 10.1. The van der Waals surface area contributed by atoms with Crippen molar-refractivity contribution in [3.05, 3.63) is 71.9 Å². The average Bonchev–Trinajstić information content (AvgIpc) is 2.85. The molecule has 1 aliphatic rings. The van der Waals surface area contributed by atoms with Gasteiger partial charge in [0.05, 0.1) is 6.61 Å². The van der Waals surface area contributed by atoms with Crippen LogP contribution in [0.4, 0.5) is 17.5 Å². The molecule has 1 saturated heterocycles. The molecule has 2 heterocycles. The zero-order valence-electron chi connectivity index (χ0n) is 19.3. The fraction of sp³-hybridized carbons (Fsp3) is 0.346. The van der Waals surface area contributed by atoms with Crippen molar-refractivity contribution in [2.75, 3.05) is 43.0 Å². The third kappa shape index (κ3) is 6.00. The predicted molar refractivity (Wildman–Crippen MR) is 131 cm³/mol. The lowest BCUT2D eigenvalue weighted by Gasteiger charge is -2.35. The van der Waals surface area contributed by atoms with Crippen LogP contribution in [0.15, 0.2) is 60.7 Å². The minimum Gasteiger partial charge on any atom is -0.494 e. The Kier molecular flexibility index (Phi) is 7.40. The van der Waals surface area contributed by atoms with Crippen molar-refractivity contribution in [3.63, 3.8) is 0 Å². The molecule has 4 rings (SSSR count). The first-order valence-electron chi connectivity index (χ1n) is 11.6. The first-order valence-corrected chi connectivity index (χ1v) is 11.6. The summed E-state index contributed by atoms with van der Waals surface area (Å²) < 4.78 is 5.70. The van der Waals surface area contributed by atoms with Gasteiger partial charge in [0.1, 0.15) is 11.6 Å². The number of aromatic nitrogens is 2. The summed E-state index contributed by atoms with van der Waals surface area (Å²) in [5, 5.41) is 3.34. The second-order valence-electron chi connectivity index (χ2n) is 8.19. The molecule has 33 heavy (non-hydrogen) atoms. The van der Waals surface area contributed by atoms with Crippen LogP contribution >= 0.6 is 0 Å². The van der Waals surface area contributed by atoms with Gasteiger partial charge in [0.15, 0.2) is 0 Å². The smallest absolute Gasteiger partial charge is 0.253 e. The molecular weight excluding hydrogens is 414 g/mol. The number of carbonyl (C=O) groups is 1. The van der Waals surface area contributed by atoms with Gasteiger partial charge >= 0.3 is 0 Å². The van der Waals surface area contributed by atoms with Crippen LogP contribution in [0.1, 0.15) is 35.8 Å². The number of anilines is 3. The number of aryl methyl sites for hydroxylation is 1. The van der Waals surface area contributed by atoms with Gasteiger partial charge in [-0.2, -0.15) is 4.98 Å². The summed E-state index contributed by atoms with van der Waals surface area (Å²) in [6.45, 7) is 7.46. The van der Waals surface area contributed by atoms with Gasteiger partial charge in [-0.15, -0.1) is 0 Å². The minimum absolute atomic E-state index is 0.0475. The second kappa shape index (κ2) is 10.8. The molecule has 1 fully saturated rings. The molecule has 2 aromatic carbocycles. The third-order valence-electron chi connectivity index (χ3n) is 5.61. The summed E-state index contributed by atoms with van der Waals surface area (Å²) in [5.74, 6) is 2.31. The van der Waals surface area contributed by atoms with Crippen LogP contribution in [0.25, 0.3) is 0 Å². The molecule has 7 nitrogen and oxygen atoms in total. The van der Waals surface area contributed by atoms with Crippen LogP contribution in [-0.4, -0.2) is 53.6 Å². The van der Waals surface area contributed by atoms with E-state index in [1.54, 1.807) is 0 Å². The number of hydrogen-bond donors (Lipinski definition) is 1. The zero-order valence-corrected chi connectivity index (χ0v) is 19.3. The maximum atomic E-state index is 13.0. The number of piperazine rings is 1. The van der Waals surface area contributed by atoms with Gasteiger partial charge in [0, 0.05) is 49.2 Å². The highest BCUT2D eigenvalue weighted by molar-refractivity contribution is 5.94. The topological polar surface area (TPSA) is 70.6 Å². The van der Waals surface area contributed by atoms with Crippen LogP contribution < -0.4 is 15.0 Å². The van der Waals surface area contributed by atoms with Crippen molar-refractivity contribution < 1.29 is 9.53 Å². The van der Waals surface area contributed by atoms with Crippen LogP contribution in [0, 0.1) is 6.92 Å². The highest BCUT2D eigenvalue weighted by Gasteiger charge is 2.24. The Balaban J connectivity index is 1.35. The van der Waals surface area contributed by atoms with E-state index in [2.05, 4.69) is 22.1 Å². The SMILES string of the molecule is CCCCOc1ccc(C(=O)N2CCN(c3nc(C)cc(Nc4ccccc4)n3)CC2)cc1. The zero-order chi connectivity index (χ0) is 23.0. The number of para-hydroxylation sites is 1. The number of benzene rings is 2. The Labute approximate surface area is 195 Å². The van der Waals surface area contributed by atoms with Gasteiger partial charge in [-0.3, -0.25) is 4.79 Å². The maximum Gasteiger partial charge on any atom is 0.253 e. The van der Waals surface area contributed by atoms with Crippen LogP contribution in [-0.2, 0) is 0 Å². The number of nitrogens with one attached hydrogen (secondary N) is 1. The Morgan fingerprint density at radius 2 is 1.73 bits per heavy atom. The molecule has 0 radical (unpaired) electrons. The number of hydrogen-bond acceptors (Lipinski definition) is 6. The molecule has 7 heteroatoms. The van der Waals surface area contributed by atoms with Crippen molar-refractivity contribution in [1.29, 1.82) is 0 Å². The molecule has 3 aromatic rings. The second-order valence-corrected chi connectivity index (χ2v) is 8.19. The number of amides is 1. The van der Waals surface area contributed by atoms with Crippen molar-refractivity contribution in [1.82, 2.24) is 14.9 Å². The molecule has 0 spiro atoms. The maximum absolute atomic E-state index is 13.0. The van der Waals surface area contributed by atoms with E-state index in [1.165, 1.54) is 0 Å². The van der Waals surface area contributed by atoms with Gasteiger partial charge in [-0.25, -0.2) is 4.98 Å². The first-order chi connectivity index (χ1) is 16.1. The van der Waals surface area contributed by atoms with Crippen LogP contribution in [0.2, 0.25) is 0 Å². The van der Waals surface area contributed by atoms with Gasteiger partial charge in [-0.1, -0.05) is 31.5 Å². The molecule has 0 unspecified atom stereocenters. The highest BCUT2D eigenvalue weighted by atomic mass is 16.5. The molecule has 1 amide bonds. The van der Waals surface area contributed by atoms with Crippen molar-refractivity contribution in [3.8, 4) is 5.75 Å². The van der Waals surface area contributed by atoms with E-state index >= 15 is 0 Å². The van der Waals surface area contributed by atoms with E-state index in [4.69, 9.17) is 9.72 Å². The van der Waals surface area contributed by atoms with Gasteiger partial charge in [-0.05, 0) is 49.7 Å². The van der Waals surface area contributed by atoms with E-state index in [-0.39, 0.29) is 5.91 Å². The number of carbonyl (C=O) groups excluding carboxylic acids is 1. The summed E-state index contributed by atoms with van der Waals surface area (Å²) >= 11 is 0. The van der Waals surface area contributed by atoms with E-state index < -0.39 is 0 Å². The molecule has 0 aliphatic carbocycles. The normalized spacial score (nSPS) is 13.6. The van der Waals surface area contributed by atoms with Crippen molar-refractivity contribution in [2.24, 2.45) is 0 Å². The number of rotatable bonds is 8. The number of ether oxygens (including phenoxy) is 1. The largest absolute Gasteiger partial charge is 0.494 e. The molecule has 1 N–H and O–H groups in total. The van der Waals surface area contributed by atoms with Crippen LogP contribution in [0.3, 0.4) is 0 Å². The fourth-order valence-corrected chi connectivity index (χ4v) is 3.75. The standard InChI is InChI=1S/C26H31N5O2/c1-3-4-18-33-23-12-10-21(11-13-23)25(32)30-14-16-31(17-15-30)26-27-20(2)19-24(29-26)28-22-8-6-5-7-9-22/h5-13,19H,3-4,14-18H2,1-2H3,(H,27,28,29). The number of unbranched alkanes of at least 4 members (excludes halogenated alkanes) is 1. The molecular formula is C26H31N5O2. The average molecular weight is 446 g/mol. The van der Waals surface area contributed by atoms with Crippen molar-refractivity contribution in [2.45, 2.75) is 26.7 Å². The summed E-state index contributed by atoms with van der Waals surface area (Å²) in [6.07, 6.45) is 2.13. The summed E-state index contributed by atoms with van der Waals surface area (Å²) in [6, 6.07) is 19.4. The van der Waals surface area contributed by atoms with E-state index in [1.807, 2.05) is 72.5 Å². The summed E-state index contributed by atoms with van der Waals surface area (Å²) in [5.41, 5.74) is 2.57. The molecule has 0 saturated carbocycles. The van der Waals surface area contributed by atoms with E-state index in [0.29, 0.717) is 44.3 Å². The highest BCUT2D eigenvalue weighted by Crippen LogP contribution is 2.20. The van der Waals surface area contributed by atoms with Crippen molar-refractivity contribution >= 4 is 23.4 Å². The van der Waals surface area contributed by atoms with Gasteiger partial charge in [0.2, 0.25) is 5.95 Å². The Hall–Kier alpha value is -3.61. The third-order valence-corrected chi connectivity index (χ3v) is 5.61.